The average Bonchev–Trinajstić information content (AvgIpc) is 3.27. The number of likely N-dealkylation sites (tertiary alicyclic amines) is 1. The number of amides is 2. The third-order valence-electron chi connectivity index (χ3n) is 5.08. The van der Waals surface area contributed by atoms with Gasteiger partial charge in [0.05, 0.1) is 0 Å². The zero-order valence-corrected chi connectivity index (χ0v) is 15.7. The number of halogens is 1. The van der Waals surface area contributed by atoms with E-state index in [0.717, 1.165) is 56.7 Å². The Morgan fingerprint density at radius 1 is 1.28 bits per heavy atom. The lowest BCUT2D eigenvalue weighted by atomic mass is 10.0. The molecule has 2 amide bonds. The predicted molar refractivity (Wildman–Crippen MR) is 102 cm³/mol. The van der Waals surface area contributed by atoms with Crippen LogP contribution in [0.15, 0.2) is 18.2 Å². The van der Waals surface area contributed by atoms with E-state index in [0.29, 0.717) is 17.9 Å². The van der Waals surface area contributed by atoms with Gasteiger partial charge in [0.1, 0.15) is 0 Å². The summed E-state index contributed by atoms with van der Waals surface area (Å²) in [5.74, 6) is 0.781. The van der Waals surface area contributed by atoms with Crippen LogP contribution < -0.4 is 10.6 Å². The molecule has 138 valence electrons. The molecule has 3 rings (SSSR count). The minimum atomic E-state index is 0. The summed E-state index contributed by atoms with van der Waals surface area (Å²) in [5, 5.41) is 6.31. The molecule has 2 heterocycles. The number of rotatable bonds is 5. The predicted octanol–water partition coefficient (Wildman–Crippen LogP) is 2.98. The molecular weight excluding hydrogens is 338 g/mol. The molecular formula is C19H28ClN3O2. The Balaban J connectivity index is 0.00000225. The topological polar surface area (TPSA) is 61.4 Å². The van der Waals surface area contributed by atoms with Crippen molar-refractivity contribution in [1.82, 2.24) is 10.2 Å². The maximum Gasteiger partial charge on any atom is 0.253 e. The van der Waals surface area contributed by atoms with Crippen LogP contribution in [0.1, 0.15) is 48.0 Å². The Hall–Kier alpha value is -1.59. The standard InChI is InChI=1S/C19H27N3O2.ClH/c1-14-12-16(19(24)22-10-2-3-11-22)5-6-17(14)21-18(23)7-4-15-8-9-20-13-15;/h5-6,12,15,20H,2-4,7-11,13H2,1H3,(H,21,23);1H. The van der Waals surface area contributed by atoms with Gasteiger partial charge in [-0.15, -0.1) is 12.4 Å². The van der Waals surface area contributed by atoms with Crippen molar-refractivity contribution in [1.29, 1.82) is 0 Å². The fourth-order valence-corrected chi connectivity index (χ4v) is 3.55. The number of carbonyl (C=O) groups excluding carboxylic acids is 2. The summed E-state index contributed by atoms with van der Waals surface area (Å²) in [6, 6.07) is 5.56. The molecule has 0 saturated carbocycles. The third-order valence-corrected chi connectivity index (χ3v) is 5.08. The van der Waals surface area contributed by atoms with Crippen LogP contribution in [0.2, 0.25) is 0 Å². The van der Waals surface area contributed by atoms with Crippen molar-refractivity contribution < 1.29 is 9.59 Å². The number of hydrogen-bond acceptors (Lipinski definition) is 3. The molecule has 1 atom stereocenters. The van der Waals surface area contributed by atoms with Crippen LogP contribution in [0.3, 0.4) is 0 Å². The van der Waals surface area contributed by atoms with Crippen molar-refractivity contribution in [3.63, 3.8) is 0 Å². The quantitative estimate of drug-likeness (QED) is 0.843. The van der Waals surface area contributed by atoms with E-state index in [4.69, 9.17) is 0 Å². The lowest BCUT2D eigenvalue weighted by Crippen LogP contribution is -2.27. The molecule has 2 fully saturated rings. The minimum Gasteiger partial charge on any atom is -0.339 e. The van der Waals surface area contributed by atoms with E-state index in [1.54, 1.807) is 0 Å². The molecule has 2 aliphatic rings. The molecule has 0 aliphatic carbocycles. The number of nitrogens with zero attached hydrogens (tertiary/aromatic N) is 1. The van der Waals surface area contributed by atoms with E-state index in [9.17, 15) is 9.59 Å². The summed E-state index contributed by atoms with van der Waals surface area (Å²) in [6.45, 7) is 5.74. The fraction of sp³-hybridized carbons (Fsp3) is 0.579. The molecule has 1 aromatic rings. The Morgan fingerprint density at radius 3 is 2.68 bits per heavy atom. The molecule has 0 aromatic heterocycles. The molecule has 0 bridgehead atoms. The normalized spacial score (nSPS) is 19.6. The van der Waals surface area contributed by atoms with Gasteiger partial charge in [0.2, 0.25) is 5.91 Å². The largest absolute Gasteiger partial charge is 0.339 e. The summed E-state index contributed by atoms with van der Waals surface area (Å²) in [5.41, 5.74) is 2.46. The first-order valence-corrected chi connectivity index (χ1v) is 9.04. The van der Waals surface area contributed by atoms with Gasteiger partial charge >= 0.3 is 0 Å². The molecule has 0 radical (unpaired) electrons. The number of aryl methyl sites for hydroxylation is 1. The molecule has 0 spiro atoms. The van der Waals surface area contributed by atoms with Gasteiger partial charge in [0.25, 0.3) is 5.91 Å². The first-order chi connectivity index (χ1) is 11.6. The van der Waals surface area contributed by atoms with Gasteiger partial charge < -0.3 is 15.5 Å². The number of benzene rings is 1. The Labute approximate surface area is 155 Å². The van der Waals surface area contributed by atoms with Crippen LogP contribution in [0.4, 0.5) is 5.69 Å². The molecule has 2 aliphatic heterocycles. The van der Waals surface area contributed by atoms with Crippen LogP contribution in [0.25, 0.3) is 0 Å². The lowest BCUT2D eigenvalue weighted by Gasteiger charge is -2.16. The first-order valence-electron chi connectivity index (χ1n) is 9.04. The maximum atomic E-state index is 12.4. The van der Waals surface area contributed by atoms with Crippen molar-refractivity contribution >= 4 is 29.9 Å². The van der Waals surface area contributed by atoms with E-state index < -0.39 is 0 Å². The van der Waals surface area contributed by atoms with Crippen LogP contribution in [0, 0.1) is 12.8 Å². The van der Waals surface area contributed by atoms with Crippen molar-refractivity contribution in [2.24, 2.45) is 5.92 Å². The van der Waals surface area contributed by atoms with Crippen LogP contribution in [-0.4, -0.2) is 42.9 Å². The van der Waals surface area contributed by atoms with E-state index in [1.165, 1.54) is 6.42 Å². The summed E-state index contributed by atoms with van der Waals surface area (Å²) in [6.07, 6.45) is 4.84. The van der Waals surface area contributed by atoms with Crippen LogP contribution in [0.5, 0.6) is 0 Å². The lowest BCUT2D eigenvalue weighted by molar-refractivity contribution is -0.116. The van der Waals surface area contributed by atoms with Gasteiger partial charge in [0.15, 0.2) is 0 Å². The van der Waals surface area contributed by atoms with E-state index in [-0.39, 0.29) is 24.2 Å². The second-order valence-corrected chi connectivity index (χ2v) is 6.97. The van der Waals surface area contributed by atoms with Crippen molar-refractivity contribution in [2.45, 2.75) is 39.0 Å². The third kappa shape index (κ3) is 5.19. The number of hydrogen-bond donors (Lipinski definition) is 2. The van der Waals surface area contributed by atoms with E-state index in [1.807, 2.05) is 30.0 Å². The summed E-state index contributed by atoms with van der Waals surface area (Å²) < 4.78 is 0. The van der Waals surface area contributed by atoms with Gasteiger partial charge in [-0.2, -0.15) is 0 Å². The minimum absolute atomic E-state index is 0. The summed E-state index contributed by atoms with van der Waals surface area (Å²) in [7, 11) is 0. The molecule has 2 N–H and O–H groups in total. The van der Waals surface area contributed by atoms with Gasteiger partial charge in [0, 0.05) is 30.8 Å². The molecule has 25 heavy (non-hydrogen) atoms. The van der Waals surface area contributed by atoms with Gasteiger partial charge in [-0.3, -0.25) is 9.59 Å². The highest BCUT2D eigenvalue weighted by molar-refractivity contribution is 5.96. The number of carbonyl (C=O) groups is 2. The second-order valence-electron chi connectivity index (χ2n) is 6.97. The number of nitrogens with one attached hydrogen (secondary N) is 2. The highest BCUT2D eigenvalue weighted by Crippen LogP contribution is 2.21. The van der Waals surface area contributed by atoms with Gasteiger partial charge in [-0.25, -0.2) is 0 Å². The van der Waals surface area contributed by atoms with E-state index >= 15 is 0 Å². The van der Waals surface area contributed by atoms with E-state index in [2.05, 4.69) is 10.6 Å². The molecule has 2 saturated heterocycles. The smallest absolute Gasteiger partial charge is 0.253 e. The zero-order valence-electron chi connectivity index (χ0n) is 14.8. The molecule has 1 unspecified atom stereocenters. The van der Waals surface area contributed by atoms with Crippen molar-refractivity contribution in [3.8, 4) is 0 Å². The second kappa shape index (κ2) is 9.20. The fourth-order valence-electron chi connectivity index (χ4n) is 3.55. The highest BCUT2D eigenvalue weighted by atomic mass is 35.5. The van der Waals surface area contributed by atoms with Crippen LogP contribution in [-0.2, 0) is 4.79 Å². The van der Waals surface area contributed by atoms with Gasteiger partial charge in [-0.1, -0.05) is 0 Å². The Kier molecular flexibility index (Phi) is 7.26. The van der Waals surface area contributed by atoms with Crippen molar-refractivity contribution in [3.05, 3.63) is 29.3 Å². The molecule has 5 nitrogen and oxygen atoms in total. The average molecular weight is 366 g/mol. The summed E-state index contributed by atoms with van der Waals surface area (Å²) in [4.78, 5) is 26.5. The first kappa shape index (κ1) is 19.7. The highest BCUT2D eigenvalue weighted by Gasteiger charge is 2.20. The van der Waals surface area contributed by atoms with Gasteiger partial charge in [-0.05, 0) is 75.4 Å². The monoisotopic (exact) mass is 365 g/mol. The molecule has 1 aromatic carbocycles. The Bertz CT molecular complexity index is 609. The molecule has 6 heteroatoms. The Morgan fingerprint density at radius 2 is 2.04 bits per heavy atom. The zero-order chi connectivity index (χ0) is 16.9. The van der Waals surface area contributed by atoms with Crippen LogP contribution >= 0.6 is 12.4 Å². The van der Waals surface area contributed by atoms with Crippen molar-refractivity contribution in [2.75, 3.05) is 31.5 Å². The number of anilines is 1. The summed E-state index contributed by atoms with van der Waals surface area (Å²) >= 11 is 0. The maximum absolute atomic E-state index is 12.4. The SMILES string of the molecule is Cc1cc(C(=O)N2CCCC2)ccc1NC(=O)CCC1CCNC1.Cl.